The van der Waals surface area contributed by atoms with Crippen LogP contribution in [0.2, 0.25) is 0 Å². The molecule has 0 unspecified atom stereocenters. The Morgan fingerprint density at radius 3 is 2.50 bits per heavy atom. The molecule has 134 valence electrons. The van der Waals surface area contributed by atoms with E-state index in [0.29, 0.717) is 24.3 Å². The van der Waals surface area contributed by atoms with Crippen LogP contribution in [0.5, 0.6) is 0 Å². The van der Waals surface area contributed by atoms with E-state index in [0.717, 1.165) is 18.8 Å². The number of benzene rings is 1. The lowest BCUT2D eigenvalue weighted by molar-refractivity contribution is -0.133. The van der Waals surface area contributed by atoms with Crippen LogP contribution in [-0.2, 0) is 11.3 Å². The Balaban J connectivity index is 1.73. The van der Waals surface area contributed by atoms with Gasteiger partial charge >= 0.3 is 5.69 Å². The van der Waals surface area contributed by atoms with Gasteiger partial charge in [0.1, 0.15) is 6.54 Å². The third kappa shape index (κ3) is 2.90. The van der Waals surface area contributed by atoms with E-state index >= 15 is 0 Å². The molecule has 1 aliphatic heterocycles. The number of amides is 1. The van der Waals surface area contributed by atoms with Crippen LogP contribution >= 0.6 is 0 Å². The first-order chi connectivity index (χ1) is 12.6. The predicted octanol–water partition coefficient (Wildman–Crippen LogP) is 0.961. The van der Waals surface area contributed by atoms with Gasteiger partial charge in [0.15, 0.2) is 5.65 Å². The van der Waals surface area contributed by atoms with Crippen molar-refractivity contribution in [2.45, 2.75) is 6.54 Å². The summed E-state index contributed by atoms with van der Waals surface area (Å²) in [7, 11) is 2.05. The Hall–Kier alpha value is -2.93. The summed E-state index contributed by atoms with van der Waals surface area (Å²) in [6.45, 7) is 3.13. The van der Waals surface area contributed by atoms with Crippen LogP contribution in [-0.4, -0.2) is 63.1 Å². The van der Waals surface area contributed by atoms with Crippen molar-refractivity contribution in [3.63, 3.8) is 0 Å². The summed E-state index contributed by atoms with van der Waals surface area (Å²) in [5.41, 5.74) is 1.73. The zero-order valence-corrected chi connectivity index (χ0v) is 14.7. The zero-order chi connectivity index (χ0) is 18.1. The lowest BCUT2D eigenvalue weighted by Gasteiger charge is -2.32. The van der Waals surface area contributed by atoms with Crippen molar-refractivity contribution >= 4 is 17.1 Å². The molecule has 4 rings (SSSR count). The van der Waals surface area contributed by atoms with E-state index in [9.17, 15) is 9.59 Å². The predicted molar refractivity (Wildman–Crippen MR) is 99.4 cm³/mol. The van der Waals surface area contributed by atoms with Gasteiger partial charge in [0.2, 0.25) is 5.91 Å². The van der Waals surface area contributed by atoms with Gasteiger partial charge in [-0.1, -0.05) is 18.2 Å². The fourth-order valence-corrected chi connectivity index (χ4v) is 3.34. The highest BCUT2D eigenvalue weighted by molar-refractivity contribution is 5.80. The summed E-state index contributed by atoms with van der Waals surface area (Å²) in [6.07, 6.45) is 1.66. The first kappa shape index (κ1) is 16.5. The summed E-state index contributed by atoms with van der Waals surface area (Å²) < 4.78 is 3.09. The van der Waals surface area contributed by atoms with Crippen molar-refractivity contribution in [3.8, 4) is 5.69 Å². The SMILES string of the molecule is CN1CCN(C(=O)Cn2c(=O)n(-c3ccccc3)c3ncccc32)CC1. The Bertz CT molecular complexity index is 984. The second-order valence-corrected chi connectivity index (χ2v) is 6.57. The molecule has 0 spiro atoms. The van der Waals surface area contributed by atoms with Gasteiger partial charge in [-0.3, -0.25) is 9.36 Å². The number of likely N-dealkylation sites (N-methyl/N-ethyl adjacent to an activating group) is 1. The number of carbonyl (C=O) groups excluding carboxylic acids is 1. The summed E-state index contributed by atoms with van der Waals surface area (Å²) in [5.74, 6) is -0.0313. The molecular weight excluding hydrogens is 330 g/mol. The number of imidazole rings is 1. The first-order valence-corrected chi connectivity index (χ1v) is 8.73. The third-order valence-corrected chi connectivity index (χ3v) is 4.85. The maximum atomic E-state index is 13.1. The molecule has 3 aromatic rings. The van der Waals surface area contributed by atoms with E-state index in [4.69, 9.17) is 0 Å². The van der Waals surface area contributed by atoms with Crippen molar-refractivity contribution < 1.29 is 4.79 Å². The smallest absolute Gasteiger partial charge is 0.335 e. The number of rotatable bonds is 3. The van der Waals surface area contributed by atoms with Crippen LogP contribution in [0.4, 0.5) is 0 Å². The molecule has 1 fully saturated rings. The van der Waals surface area contributed by atoms with Gasteiger partial charge in [-0.15, -0.1) is 0 Å². The summed E-state index contributed by atoms with van der Waals surface area (Å²) >= 11 is 0. The van der Waals surface area contributed by atoms with Gasteiger partial charge in [-0.05, 0) is 31.3 Å². The molecule has 1 amide bonds. The van der Waals surface area contributed by atoms with Gasteiger partial charge in [-0.2, -0.15) is 0 Å². The number of piperazine rings is 1. The summed E-state index contributed by atoms with van der Waals surface area (Å²) in [5, 5.41) is 0. The molecule has 1 saturated heterocycles. The van der Waals surface area contributed by atoms with Crippen LogP contribution in [0.15, 0.2) is 53.5 Å². The molecule has 7 heteroatoms. The average molecular weight is 351 g/mol. The molecule has 0 atom stereocenters. The quantitative estimate of drug-likeness (QED) is 0.705. The maximum absolute atomic E-state index is 13.1. The fourth-order valence-electron chi connectivity index (χ4n) is 3.34. The average Bonchev–Trinajstić information content (AvgIpc) is 2.95. The van der Waals surface area contributed by atoms with E-state index < -0.39 is 0 Å². The number of carbonyl (C=O) groups is 1. The molecule has 3 heterocycles. The van der Waals surface area contributed by atoms with E-state index in [1.807, 2.05) is 48.3 Å². The van der Waals surface area contributed by atoms with Gasteiger partial charge in [0.05, 0.1) is 11.2 Å². The molecule has 0 radical (unpaired) electrons. The number of hydrogen-bond acceptors (Lipinski definition) is 4. The molecule has 0 N–H and O–H groups in total. The number of fused-ring (bicyclic) bond motifs is 1. The van der Waals surface area contributed by atoms with E-state index in [-0.39, 0.29) is 18.1 Å². The van der Waals surface area contributed by atoms with Crippen LogP contribution in [0.1, 0.15) is 0 Å². The van der Waals surface area contributed by atoms with Gasteiger partial charge in [0.25, 0.3) is 0 Å². The molecular formula is C19H21N5O2. The normalized spacial score (nSPS) is 15.5. The van der Waals surface area contributed by atoms with Crippen LogP contribution in [0.3, 0.4) is 0 Å². The third-order valence-electron chi connectivity index (χ3n) is 4.85. The number of pyridine rings is 1. The molecule has 2 aromatic heterocycles. The lowest BCUT2D eigenvalue weighted by Crippen LogP contribution is -2.48. The second-order valence-electron chi connectivity index (χ2n) is 6.57. The van der Waals surface area contributed by atoms with Crippen molar-refractivity contribution in [3.05, 3.63) is 59.1 Å². The Morgan fingerprint density at radius 2 is 1.77 bits per heavy atom. The molecule has 0 bridgehead atoms. The topological polar surface area (TPSA) is 63.4 Å². The second kappa shape index (κ2) is 6.76. The van der Waals surface area contributed by atoms with Gasteiger partial charge in [0, 0.05) is 32.4 Å². The van der Waals surface area contributed by atoms with Gasteiger partial charge < -0.3 is 9.80 Å². The number of nitrogens with zero attached hydrogens (tertiary/aromatic N) is 5. The highest BCUT2D eigenvalue weighted by Crippen LogP contribution is 2.15. The minimum absolute atomic E-state index is 0.0313. The molecule has 0 saturated carbocycles. The largest absolute Gasteiger partial charge is 0.339 e. The Kier molecular flexibility index (Phi) is 4.30. The highest BCUT2D eigenvalue weighted by Gasteiger charge is 2.22. The zero-order valence-electron chi connectivity index (χ0n) is 14.7. The highest BCUT2D eigenvalue weighted by atomic mass is 16.2. The van der Waals surface area contributed by atoms with Crippen molar-refractivity contribution in [2.24, 2.45) is 0 Å². The van der Waals surface area contributed by atoms with Crippen molar-refractivity contribution in [2.75, 3.05) is 33.2 Å². The van der Waals surface area contributed by atoms with Crippen LogP contribution in [0, 0.1) is 0 Å². The minimum atomic E-state index is -0.243. The van der Waals surface area contributed by atoms with Crippen molar-refractivity contribution in [1.82, 2.24) is 23.9 Å². The lowest BCUT2D eigenvalue weighted by atomic mass is 10.3. The first-order valence-electron chi connectivity index (χ1n) is 8.73. The van der Waals surface area contributed by atoms with E-state index in [1.165, 1.54) is 4.57 Å². The molecule has 1 aliphatic rings. The van der Waals surface area contributed by atoms with Crippen LogP contribution in [0.25, 0.3) is 16.9 Å². The maximum Gasteiger partial charge on any atom is 0.335 e. The molecule has 7 nitrogen and oxygen atoms in total. The molecule has 0 aliphatic carbocycles. The molecule has 26 heavy (non-hydrogen) atoms. The van der Waals surface area contributed by atoms with Crippen molar-refractivity contribution in [1.29, 1.82) is 0 Å². The monoisotopic (exact) mass is 351 g/mol. The number of hydrogen-bond donors (Lipinski definition) is 0. The number of para-hydroxylation sites is 1. The van der Waals surface area contributed by atoms with Gasteiger partial charge in [-0.25, -0.2) is 14.3 Å². The van der Waals surface area contributed by atoms with E-state index in [1.54, 1.807) is 16.8 Å². The Morgan fingerprint density at radius 1 is 1.04 bits per heavy atom. The minimum Gasteiger partial charge on any atom is -0.339 e. The standard InChI is InChI=1S/C19H21N5O2/c1-21-10-12-22(13-11-21)17(25)14-23-16-8-5-9-20-18(16)24(19(23)26)15-6-3-2-4-7-15/h2-9H,10-14H2,1H3. The van der Waals surface area contributed by atoms with Crippen LogP contribution < -0.4 is 5.69 Å². The summed E-state index contributed by atoms with van der Waals surface area (Å²) in [4.78, 5) is 34.2. The Labute approximate surface area is 151 Å². The summed E-state index contributed by atoms with van der Waals surface area (Å²) in [6, 6.07) is 13.0. The number of aromatic nitrogens is 3. The van der Waals surface area contributed by atoms with E-state index in [2.05, 4.69) is 9.88 Å². The fraction of sp³-hybridized carbons (Fsp3) is 0.316. The molecule has 1 aromatic carbocycles.